The van der Waals surface area contributed by atoms with Crippen LogP contribution in [0.1, 0.15) is 18.4 Å². The lowest BCUT2D eigenvalue weighted by Gasteiger charge is -2.15. The second kappa shape index (κ2) is 7.19. The first kappa shape index (κ1) is 17.1. The smallest absolute Gasteiger partial charge is 0.321 e. The molecule has 8 heteroatoms. The highest BCUT2D eigenvalue weighted by molar-refractivity contribution is 7.89. The molecule has 0 saturated heterocycles. The summed E-state index contributed by atoms with van der Waals surface area (Å²) >= 11 is 0. The van der Waals surface area contributed by atoms with E-state index >= 15 is 0 Å². The van der Waals surface area contributed by atoms with Crippen molar-refractivity contribution in [1.82, 2.24) is 4.72 Å². The molecular weight excluding hydrogens is 298 g/mol. The number of sulfonamides is 1. The van der Waals surface area contributed by atoms with E-state index in [0.29, 0.717) is 5.56 Å². The molecule has 0 amide bonds. The van der Waals surface area contributed by atoms with Gasteiger partial charge in [-0.15, -0.1) is 0 Å². The topological polar surface area (TPSA) is 110 Å². The maximum atomic E-state index is 12.2. The van der Waals surface area contributed by atoms with E-state index in [1.165, 1.54) is 13.2 Å². The minimum atomic E-state index is -3.97. The Bertz CT molecular complexity index is 625. The lowest BCUT2D eigenvalue weighted by Crippen LogP contribution is -2.41. The molecule has 116 valence electrons. The lowest BCUT2D eigenvalue weighted by atomic mass is 10.2. The summed E-state index contributed by atoms with van der Waals surface area (Å²) < 4.78 is 30.9. The number of carbonyl (C=O) groups is 2. The fourth-order valence-corrected chi connectivity index (χ4v) is 3.18. The molecule has 0 aromatic heterocycles. The van der Waals surface area contributed by atoms with Gasteiger partial charge in [-0.25, -0.2) is 8.42 Å². The van der Waals surface area contributed by atoms with E-state index in [1.807, 2.05) is 0 Å². The zero-order valence-electron chi connectivity index (χ0n) is 11.7. The fraction of sp³-hybridized carbons (Fsp3) is 0.385. The van der Waals surface area contributed by atoms with Crippen molar-refractivity contribution in [2.75, 3.05) is 7.11 Å². The molecule has 0 radical (unpaired) electrons. The maximum absolute atomic E-state index is 12.2. The van der Waals surface area contributed by atoms with Crippen LogP contribution in [0.15, 0.2) is 29.2 Å². The minimum absolute atomic E-state index is 0.00863. The Morgan fingerprint density at radius 2 is 1.95 bits per heavy atom. The van der Waals surface area contributed by atoms with Crippen LogP contribution in [0.25, 0.3) is 0 Å². The van der Waals surface area contributed by atoms with Gasteiger partial charge in [-0.05, 0) is 25.0 Å². The average Bonchev–Trinajstić information content (AvgIpc) is 2.42. The second-order valence-electron chi connectivity index (χ2n) is 4.39. The van der Waals surface area contributed by atoms with Crippen molar-refractivity contribution in [3.05, 3.63) is 29.8 Å². The molecule has 21 heavy (non-hydrogen) atoms. The predicted molar refractivity (Wildman–Crippen MR) is 74.2 cm³/mol. The SMILES string of the molecule is COC(=O)CC[C@H](NS(=O)(=O)c1ccccc1C)C(=O)O. The van der Waals surface area contributed by atoms with Gasteiger partial charge >= 0.3 is 11.9 Å². The average molecular weight is 315 g/mol. The van der Waals surface area contributed by atoms with Crippen LogP contribution < -0.4 is 4.72 Å². The normalized spacial score (nSPS) is 12.7. The quantitative estimate of drug-likeness (QED) is 0.716. The van der Waals surface area contributed by atoms with Crippen LogP contribution in [0, 0.1) is 6.92 Å². The number of hydrogen-bond donors (Lipinski definition) is 2. The maximum Gasteiger partial charge on any atom is 0.321 e. The summed E-state index contributed by atoms with van der Waals surface area (Å²) in [5.74, 6) is -1.95. The molecule has 0 bridgehead atoms. The van der Waals surface area contributed by atoms with Gasteiger partial charge in [0.15, 0.2) is 0 Å². The molecule has 2 N–H and O–H groups in total. The molecule has 0 unspecified atom stereocenters. The second-order valence-corrected chi connectivity index (χ2v) is 6.07. The Labute approximate surface area is 123 Å². The van der Waals surface area contributed by atoms with Crippen molar-refractivity contribution in [2.24, 2.45) is 0 Å². The van der Waals surface area contributed by atoms with Crippen molar-refractivity contribution >= 4 is 22.0 Å². The van der Waals surface area contributed by atoms with E-state index in [1.54, 1.807) is 25.1 Å². The molecule has 0 saturated carbocycles. The van der Waals surface area contributed by atoms with Crippen LogP contribution in [-0.4, -0.2) is 38.6 Å². The van der Waals surface area contributed by atoms with Crippen LogP contribution in [0.5, 0.6) is 0 Å². The number of aryl methyl sites for hydroxylation is 1. The van der Waals surface area contributed by atoms with Crippen LogP contribution in [0.3, 0.4) is 0 Å². The van der Waals surface area contributed by atoms with Gasteiger partial charge in [-0.3, -0.25) is 9.59 Å². The first-order valence-corrected chi connectivity index (χ1v) is 7.64. The summed E-state index contributed by atoms with van der Waals surface area (Å²) in [4.78, 5) is 22.2. The molecule has 1 atom stereocenters. The number of ether oxygens (including phenoxy) is 1. The van der Waals surface area contributed by atoms with E-state index in [0.717, 1.165) is 0 Å². The Balaban J connectivity index is 2.90. The molecule has 1 aromatic carbocycles. The molecule has 0 aliphatic heterocycles. The van der Waals surface area contributed by atoms with Gasteiger partial charge in [0.1, 0.15) is 6.04 Å². The summed E-state index contributed by atoms with van der Waals surface area (Å²) in [6.45, 7) is 1.61. The minimum Gasteiger partial charge on any atom is -0.480 e. The van der Waals surface area contributed by atoms with Crippen LogP contribution in [0.2, 0.25) is 0 Å². The third-order valence-electron chi connectivity index (χ3n) is 2.84. The van der Waals surface area contributed by atoms with E-state index in [2.05, 4.69) is 9.46 Å². The number of methoxy groups -OCH3 is 1. The highest BCUT2D eigenvalue weighted by Gasteiger charge is 2.26. The van der Waals surface area contributed by atoms with Gasteiger partial charge in [0.25, 0.3) is 0 Å². The molecule has 0 aliphatic rings. The predicted octanol–water partition coefficient (Wildman–Crippen LogP) is 0.680. The summed E-state index contributed by atoms with van der Waals surface area (Å²) in [7, 11) is -2.80. The fourth-order valence-electron chi connectivity index (χ4n) is 1.71. The molecule has 7 nitrogen and oxygen atoms in total. The largest absolute Gasteiger partial charge is 0.480 e. The number of benzene rings is 1. The Morgan fingerprint density at radius 3 is 2.48 bits per heavy atom. The van der Waals surface area contributed by atoms with Crippen molar-refractivity contribution < 1.29 is 27.9 Å². The number of nitrogens with one attached hydrogen (secondary N) is 1. The zero-order valence-corrected chi connectivity index (χ0v) is 12.5. The van der Waals surface area contributed by atoms with E-state index in [4.69, 9.17) is 5.11 Å². The Morgan fingerprint density at radius 1 is 1.33 bits per heavy atom. The molecular formula is C13H17NO6S. The van der Waals surface area contributed by atoms with Gasteiger partial charge in [0, 0.05) is 6.42 Å². The first-order valence-electron chi connectivity index (χ1n) is 6.15. The molecule has 1 rings (SSSR count). The molecule has 1 aromatic rings. The van der Waals surface area contributed by atoms with Gasteiger partial charge in [-0.1, -0.05) is 18.2 Å². The monoisotopic (exact) mass is 315 g/mol. The number of carboxylic acids is 1. The summed E-state index contributed by atoms with van der Waals surface area (Å²) in [5, 5.41) is 9.06. The van der Waals surface area contributed by atoms with E-state index in [-0.39, 0.29) is 17.7 Å². The van der Waals surface area contributed by atoms with Crippen molar-refractivity contribution in [3.8, 4) is 0 Å². The number of carbonyl (C=O) groups excluding carboxylic acids is 1. The Hall–Kier alpha value is -1.93. The summed E-state index contributed by atoms with van der Waals surface area (Å²) in [6.07, 6.45) is -0.378. The number of hydrogen-bond acceptors (Lipinski definition) is 5. The van der Waals surface area contributed by atoms with Gasteiger partial charge in [-0.2, -0.15) is 4.72 Å². The number of aliphatic carboxylic acids is 1. The van der Waals surface area contributed by atoms with E-state index < -0.39 is 28.0 Å². The van der Waals surface area contributed by atoms with Gasteiger partial charge in [0.05, 0.1) is 12.0 Å². The third-order valence-corrected chi connectivity index (χ3v) is 4.48. The summed E-state index contributed by atoms with van der Waals surface area (Å²) in [6, 6.07) is 4.83. The Kier molecular flexibility index (Phi) is 5.86. The van der Waals surface area contributed by atoms with E-state index in [9.17, 15) is 18.0 Å². The standard InChI is InChI=1S/C13H17NO6S/c1-9-5-3-4-6-11(9)21(18,19)14-10(13(16)17)7-8-12(15)20-2/h3-6,10,14H,7-8H2,1-2H3,(H,16,17)/t10-/m0/s1. The molecule has 0 aliphatic carbocycles. The van der Waals surface area contributed by atoms with Crippen LogP contribution >= 0.6 is 0 Å². The van der Waals surface area contributed by atoms with Crippen LogP contribution in [-0.2, 0) is 24.3 Å². The number of carboxylic acid groups (broad SMARTS) is 1. The van der Waals surface area contributed by atoms with Gasteiger partial charge in [0.2, 0.25) is 10.0 Å². The highest BCUT2D eigenvalue weighted by Crippen LogP contribution is 2.15. The van der Waals surface area contributed by atoms with Crippen molar-refractivity contribution in [3.63, 3.8) is 0 Å². The molecule has 0 heterocycles. The van der Waals surface area contributed by atoms with Crippen LogP contribution in [0.4, 0.5) is 0 Å². The number of esters is 1. The molecule has 0 fully saturated rings. The van der Waals surface area contributed by atoms with Gasteiger partial charge < -0.3 is 9.84 Å². The third kappa shape index (κ3) is 4.83. The first-order chi connectivity index (χ1) is 9.77. The van der Waals surface area contributed by atoms with Crippen molar-refractivity contribution in [1.29, 1.82) is 0 Å². The number of rotatable bonds is 7. The molecule has 0 spiro atoms. The summed E-state index contributed by atoms with van der Waals surface area (Å²) in [5.41, 5.74) is 0.502. The zero-order chi connectivity index (χ0) is 16.0. The van der Waals surface area contributed by atoms with Crippen molar-refractivity contribution in [2.45, 2.75) is 30.7 Å². The highest BCUT2D eigenvalue weighted by atomic mass is 32.2. The lowest BCUT2D eigenvalue weighted by molar-refractivity contribution is -0.142.